The molecule has 0 fully saturated rings. The zero-order valence-corrected chi connectivity index (χ0v) is 17.2. The highest BCUT2D eigenvalue weighted by Crippen LogP contribution is 2.40. The van der Waals surface area contributed by atoms with Gasteiger partial charge in [-0.15, -0.1) is 11.8 Å². The largest absolute Gasteiger partial charge is 0.467 e. The minimum atomic E-state index is -4.05. The van der Waals surface area contributed by atoms with Crippen LogP contribution in [0.4, 0.5) is 10.7 Å². The van der Waals surface area contributed by atoms with Crippen LogP contribution in [0.2, 0.25) is 0 Å². The smallest absolute Gasteiger partial charge is 0.335 e. The number of ether oxygens (including phenoxy) is 1. The van der Waals surface area contributed by atoms with Crippen molar-refractivity contribution in [3.05, 3.63) is 23.8 Å². The van der Waals surface area contributed by atoms with Crippen LogP contribution < -0.4 is 14.8 Å². The molecule has 9 nitrogen and oxygen atoms in total. The molecule has 0 bridgehead atoms. The average Bonchev–Trinajstić information content (AvgIpc) is 3.00. The van der Waals surface area contributed by atoms with Crippen molar-refractivity contribution in [2.75, 3.05) is 18.7 Å². The molecule has 1 aliphatic rings. The number of hydrogen-bond donors (Lipinski definition) is 2. The number of anilines is 1. The molecule has 1 atom stereocenters. The van der Waals surface area contributed by atoms with Gasteiger partial charge in [0.25, 0.3) is 10.0 Å². The van der Waals surface area contributed by atoms with Crippen LogP contribution in [0.3, 0.4) is 0 Å². The number of sulfonamides is 1. The number of methoxy groups -OCH3 is 1. The number of amides is 2. The summed E-state index contributed by atoms with van der Waals surface area (Å²) in [6, 6.07) is 4.09. The predicted molar refractivity (Wildman–Crippen MR) is 103 cm³/mol. The van der Waals surface area contributed by atoms with Gasteiger partial charge < -0.3 is 4.74 Å². The molecule has 1 aliphatic heterocycles. The number of nitrogens with zero attached hydrogens (tertiary/aromatic N) is 3. The third-order valence-corrected chi connectivity index (χ3v) is 6.93. The molecule has 144 valence electrons. The van der Waals surface area contributed by atoms with Crippen LogP contribution in [0.1, 0.15) is 12.5 Å². The van der Waals surface area contributed by atoms with Crippen molar-refractivity contribution < 1.29 is 17.9 Å². The second kappa shape index (κ2) is 7.90. The van der Waals surface area contributed by atoms with E-state index in [1.165, 1.54) is 36.7 Å². The molecular weight excluding hydrogens is 410 g/mol. The van der Waals surface area contributed by atoms with Gasteiger partial charge in [0.05, 0.1) is 7.11 Å². The number of benzene rings is 1. The number of hydrogen-bond acceptors (Lipinski definition) is 9. The Morgan fingerprint density at radius 2 is 2.11 bits per heavy atom. The highest BCUT2D eigenvalue weighted by Gasteiger charge is 2.28. The van der Waals surface area contributed by atoms with Crippen LogP contribution in [0.15, 0.2) is 33.1 Å². The predicted octanol–water partition coefficient (Wildman–Crippen LogP) is 2.15. The van der Waals surface area contributed by atoms with Gasteiger partial charge in [0.2, 0.25) is 5.95 Å². The molecule has 2 aromatic rings. The van der Waals surface area contributed by atoms with Crippen molar-refractivity contribution in [2.24, 2.45) is 0 Å². The van der Waals surface area contributed by atoms with Gasteiger partial charge in [0.15, 0.2) is 5.16 Å². The second-order valence-corrected chi connectivity index (χ2v) is 9.44. The van der Waals surface area contributed by atoms with Gasteiger partial charge in [-0.05, 0) is 24.3 Å². The van der Waals surface area contributed by atoms with Gasteiger partial charge in [-0.1, -0.05) is 30.8 Å². The fourth-order valence-electron chi connectivity index (χ4n) is 2.50. The molecule has 1 aromatic heterocycles. The Kier molecular flexibility index (Phi) is 5.77. The van der Waals surface area contributed by atoms with E-state index in [0.717, 1.165) is 12.0 Å². The first-order valence-electron chi connectivity index (χ1n) is 7.79. The zero-order chi connectivity index (χ0) is 19.6. The number of thioether (sulfide) groups is 2. The van der Waals surface area contributed by atoms with Crippen LogP contribution in [0.25, 0.3) is 0 Å². The van der Waals surface area contributed by atoms with E-state index < -0.39 is 16.1 Å². The molecule has 2 amide bonds. The van der Waals surface area contributed by atoms with Gasteiger partial charge >= 0.3 is 12.0 Å². The van der Waals surface area contributed by atoms with Gasteiger partial charge in [0, 0.05) is 10.1 Å². The summed E-state index contributed by atoms with van der Waals surface area (Å²) >= 11 is 2.71. The lowest BCUT2D eigenvalue weighted by atomic mass is 10.1. The molecule has 0 spiro atoms. The summed E-state index contributed by atoms with van der Waals surface area (Å²) in [5.74, 6) is -0.111. The lowest BCUT2D eigenvalue weighted by Gasteiger charge is -2.11. The van der Waals surface area contributed by atoms with Crippen molar-refractivity contribution in [3.8, 4) is 6.01 Å². The van der Waals surface area contributed by atoms with Crippen LogP contribution in [0, 0.1) is 0 Å². The van der Waals surface area contributed by atoms with E-state index in [9.17, 15) is 13.2 Å². The number of carbonyl (C=O) groups excluding carboxylic acids is 1. The van der Waals surface area contributed by atoms with Crippen molar-refractivity contribution in [1.82, 2.24) is 19.7 Å². The first-order valence-corrected chi connectivity index (χ1v) is 11.4. The molecule has 0 aliphatic carbocycles. The lowest BCUT2D eigenvalue weighted by Crippen LogP contribution is -2.35. The van der Waals surface area contributed by atoms with Crippen LogP contribution in [-0.2, 0) is 16.4 Å². The van der Waals surface area contributed by atoms with Gasteiger partial charge in [-0.25, -0.2) is 17.9 Å². The Balaban J connectivity index is 1.80. The van der Waals surface area contributed by atoms with Crippen LogP contribution in [0.5, 0.6) is 6.01 Å². The minimum Gasteiger partial charge on any atom is -0.467 e. The van der Waals surface area contributed by atoms with E-state index >= 15 is 0 Å². The lowest BCUT2D eigenvalue weighted by molar-refractivity contribution is 0.256. The second-order valence-electron chi connectivity index (χ2n) is 5.57. The molecule has 0 radical (unpaired) electrons. The first-order chi connectivity index (χ1) is 12.8. The Morgan fingerprint density at radius 3 is 2.81 bits per heavy atom. The average molecular weight is 428 g/mol. The Bertz CT molecular complexity index is 961. The molecule has 0 saturated heterocycles. The molecule has 2 N–H and O–H groups in total. The molecule has 27 heavy (non-hydrogen) atoms. The Labute approximate surface area is 165 Å². The summed E-state index contributed by atoms with van der Waals surface area (Å²) in [6.45, 7) is 2.03. The number of urea groups is 1. The van der Waals surface area contributed by atoms with Gasteiger partial charge in [0.1, 0.15) is 4.90 Å². The highest BCUT2D eigenvalue weighted by atomic mass is 32.2. The van der Waals surface area contributed by atoms with Gasteiger partial charge in [-0.3, -0.25) is 5.32 Å². The van der Waals surface area contributed by atoms with Gasteiger partial charge in [-0.2, -0.15) is 15.0 Å². The standard InChI is InChI=1S/C15H17N5O4S3/c1-8-7-9-5-4-6-10(11(9)26-8)27(22,23)20-13(21)16-12-17-14(24-2)19-15(18-12)25-3/h4-6,8H,7H2,1-3H3,(H2,16,17,18,19,20,21). The molecule has 1 aromatic carbocycles. The fraction of sp³-hybridized carbons (Fsp3) is 0.333. The van der Waals surface area contributed by atoms with Crippen molar-refractivity contribution in [1.29, 1.82) is 0 Å². The minimum absolute atomic E-state index is 0.0128. The third kappa shape index (κ3) is 4.45. The van der Waals surface area contributed by atoms with E-state index in [-0.39, 0.29) is 22.1 Å². The number of nitrogens with one attached hydrogen (secondary N) is 2. The molecule has 3 rings (SSSR count). The summed E-state index contributed by atoms with van der Waals surface area (Å²) in [5, 5.41) is 2.91. The van der Waals surface area contributed by atoms with E-state index in [1.54, 1.807) is 12.3 Å². The summed E-state index contributed by atoms with van der Waals surface area (Å²) < 4.78 is 32.3. The quantitative estimate of drug-likeness (QED) is 0.691. The molecular formula is C15H17N5O4S3. The summed E-state index contributed by atoms with van der Waals surface area (Å²) in [5.41, 5.74) is 0.961. The topological polar surface area (TPSA) is 123 Å². The summed E-state index contributed by atoms with van der Waals surface area (Å²) in [4.78, 5) is 24.8. The summed E-state index contributed by atoms with van der Waals surface area (Å²) in [6.07, 6.45) is 2.54. The van der Waals surface area contributed by atoms with Crippen molar-refractivity contribution in [3.63, 3.8) is 0 Å². The number of fused-ring (bicyclic) bond motifs is 1. The maximum atomic E-state index is 12.7. The number of carbonyl (C=O) groups is 1. The van der Waals surface area contributed by atoms with Crippen LogP contribution in [-0.4, -0.2) is 48.0 Å². The molecule has 12 heteroatoms. The van der Waals surface area contributed by atoms with E-state index in [2.05, 4.69) is 20.3 Å². The maximum absolute atomic E-state index is 12.7. The van der Waals surface area contributed by atoms with E-state index in [0.29, 0.717) is 10.1 Å². The number of rotatable bonds is 5. The van der Waals surface area contributed by atoms with E-state index in [4.69, 9.17) is 4.74 Å². The fourth-order valence-corrected chi connectivity index (χ4v) is 5.51. The van der Waals surface area contributed by atoms with Crippen molar-refractivity contribution >= 4 is 45.5 Å². The number of aromatic nitrogens is 3. The SMILES string of the molecule is COc1nc(NC(=O)NS(=O)(=O)c2cccc3c2SC(C)C3)nc(SC)n1. The van der Waals surface area contributed by atoms with E-state index in [1.807, 2.05) is 17.7 Å². The molecule has 0 saturated carbocycles. The summed E-state index contributed by atoms with van der Waals surface area (Å²) in [7, 11) is -2.67. The third-order valence-electron chi connectivity index (χ3n) is 3.59. The van der Waals surface area contributed by atoms with Crippen LogP contribution >= 0.6 is 23.5 Å². The Morgan fingerprint density at radius 1 is 1.33 bits per heavy atom. The Hall–Kier alpha value is -2.05. The normalized spacial score (nSPS) is 15.9. The molecule has 1 unspecified atom stereocenters. The highest BCUT2D eigenvalue weighted by molar-refractivity contribution is 8.01. The maximum Gasteiger partial charge on any atom is 0.335 e. The first kappa shape index (κ1) is 19.7. The zero-order valence-electron chi connectivity index (χ0n) is 14.7. The monoisotopic (exact) mass is 427 g/mol. The van der Waals surface area contributed by atoms with Crippen molar-refractivity contribution in [2.45, 2.75) is 33.5 Å². The molecule has 2 heterocycles.